The predicted octanol–water partition coefficient (Wildman–Crippen LogP) is 4.18. The summed E-state index contributed by atoms with van der Waals surface area (Å²) >= 11 is 0. The number of pyridine rings is 1. The standard InChI is InChI=1S/C29H28N2O4/c32-27(30-16-14-22(15-17-30)18-21-8-2-1-3-9-21)20-35-28(33)19-31-25-12-6-4-10-23(25)29(34)24-11-5-7-13-26(24)31/h1-13,22H,14-20H2. The van der Waals surface area contributed by atoms with Crippen LogP contribution in [0.4, 0.5) is 0 Å². The second-order valence-corrected chi connectivity index (χ2v) is 9.12. The number of hydrogen-bond donors (Lipinski definition) is 0. The first-order valence-corrected chi connectivity index (χ1v) is 12.1. The molecule has 1 fully saturated rings. The lowest BCUT2D eigenvalue weighted by atomic mass is 9.90. The topological polar surface area (TPSA) is 68.6 Å². The predicted molar refractivity (Wildman–Crippen MR) is 136 cm³/mol. The van der Waals surface area contributed by atoms with Crippen molar-refractivity contribution >= 4 is 33.7 Å². The van der Waals surface area contributed by atoms with Gasteiger partial charge in [0.05, 0.1) is 11.0 Å². The Morgan fingerprint density at radius 2 is 1.37 bits per heavy atom. The monoisotopic (exact) mass is 468 g/mol. The normalized spacial score (nSPS) is 14.3. The Morgan fingerprint density at radius 3 is 2.00 bits per heavy atom. The summed E-state index contributed by atoms with van der Waals surface area (Å²) in [6.07, 6.45) is 2.92. The molecule has 35 heavy (non-hydrogen) atoms. The van der Waals surface area contributed by atoms with E-state index in [-0.39, 0.29) is 24.5 Å². The Morgan fingerprint density at radius 1 is 0.800 bits per heavy atom. The summed E-state index contributed by atoms with van der Waals surface area (Å²) in [4.78, 5) is 40.1. The number of ether oxygens (including phenoxy) is 1. The van der Waals surface area contributed by atoms with Crippen molar-refractivity contribution in [2.45, 2.75) is 25.8 Å². The van der Waals surface area contributed by atoms with Gasteiger partial charge in [0.1, 0.15) is 6.54 Å². The molecule has 1 amide bonds. The molecule has 0 atom stereocenters. The molecule has 0 radical (unpaired) electrons. The first kappa shape index (κ1) is 22.8. The summed E-state index contributed by atoms with van der Waals surface area (Å²) in [5, 5.41) is 1.10. The highest BCUT2D eigenvalue weighted by atomic mass is 16.5. The molecule has 0 unspecified atom stereocenters. The molecule has 2 heterocycles. The SMILES string of the molecule is O=C(Cn1c2ccccc2c(=O)c2ccccc21)OCC(=O)N1CCC(Cc2ccccc2)CC1. The zero-order chi connectivity index (χ0) is 24.2. The molecule has 178 valence electrons. The summed E-state index contributed by atoms with van der Waals surface area (Å²) in [5.41, 5.74) is 2.60. The van der Waals surface area contributed by atoms with Gasteiger partial charge in [0.15, 0.2) is 12.0 Å². The molecule has 1 aliphatic heterocycles. The van der Waals surface area contributed by atoms with Crippen molar-refractivity contribution in [1.82, 2.24) is 9.47 Å². The molecule has 0 saturated carbocycles. The van der Waals surface area contributed by atoms with Crippen LogP contribution >= 0.6 is 0 Å². The number of carbonyl (C=O) groups is 2. The molecule has 1 aromatic heterocycles. The van der Waals surface area contributed by atoms with E-state index in [1.54, 1.807) is 21.6 Å². The Balaban J connectivity index is 1.20. The minimum Gasteiger partial charge on any atom is -0.454 e. The Kier molecular flexibility index (Phi) is 6.62. The maximum Gasteiger partial charge on any atom is 0.326 e. The summed E-state index contributed by atoms with van der Waals surface area (Å²) in [6.45, 7) is 1.03. The van der Waals surface area contributed by atoms with Gasteiger partial charge in [-0.05, 0) is 55.0 Å². The molecule has 5 rings (SSSR count). The number of para-hydroxylation sites is 2. The summed E-state index contributed by atoms with van der Waals surface area (Å²) < 4.78 is 7.17. The highest BCUT2D eigenvalue weighted by Crippen LogP contribution is 2.22. The second-order valence-electron chi connectivity index (χ2n) is 9.12. The number of nitrogens with zero attached hydrogens (tertiary/aromatic N) is 2. The van der Waals surface area contributed by atoms with Crippen LogP contribution in [0.2, 0.25) is 0 Å². The van der Waals surface area contributed by atoms with Gasteiger partial charge < -0.3 is 14.2 Å². The van der Waals surface area contributed by atoms with Crippen LogP contribution in [0, 0.1) is 5.92 Å². The highest BCUT2D eigenvalue weighted by molar-refractivity contribution is 5.94. The van der Waals surface area contributed by atoms with E-state index >= 15 is 0 Å². The maximum absolute atomic E-state index is 12.9. The van der Waals surface area contributed by atoms with Crippen molar-refractivity contribution in [2.75, 3.05) is 19.7 Å². The van der Waals surface area contributed by atoms with E-state index in [9.17, 15) is 14.4 Å². The van der Waals surface area contributed by atoms with E-state index < -0.39 is 5.97 Å². The molecule has 0 spiro atoms. The van der Waals surface area contributed by atoms with Gasteiger partial charge in [-0.15, -0.1) is 0 Å². The number of amides is 1. The summed E-state index contributed by atoms with van der Waals surface area (Å²) in [7, 11) is 0. The third kappa shape index (κ3) is 4.97. The van der Waals surface area contributed by atoms with Crippen LogP contribution < -0.4 is 5.43 Å². The van der Waals surface area contributed by atoms with Crippen molar-refractivity contribution in [3.8, 4) is 0 Å². The Labute approximate surface area is 203 Å². The fraction of sp³-hybridized carbons (Fsp3) is 0.276. The number of piperidine rings is 1. The van der Waals surface area contributed by atoms with Gasteiger partial charge in [-0.25, -0.2) is 0 Å². The van der Waals surface area contributed by atoms with Gasteiger partial charge >= 0.3 is 5.97 Å². The van der Waals surface area contributed by atoms with E-state index in [1.807, 2.05) is 42.5 Å². The highest BCUT2D eigenvalue weighted by Gasteiger charge is 2.24. The van der Waals surface area contributed by atoms with E-state index in [0.717, 1.165) is 19.3 Å². The maximum atomic E-state index is 12.9. The number of benzene rings is 3. The van der Waals surface area contributed by atoms with Crippen LogP contribution in [0.5, 0.6) is 0 Å². The first-order valence-electron chi connectivity index (χ1n) is 12.1. The molecule has 6 nitrogen and oxygen atoms in total. The fourth-order valence-electron chi connectivity index (χ4n) is 4.99. The van der Waals surface area contributed by atoms with Gasteiger partial charge in [-0.3, -0.25) is 14.4 Å². The van der Waals surface area contributed by atoms with Crippen LogP contribution in [0.25, 0.3) is 21.8 Å². The molecule has 3 aromatic carbocycles. The van der Waals surface area contributed by atoms with E-state index in [0.29, 0.717) is 40.8 Å². The van der Waals surface area contributed by atoms with Gasteiger partial charge in [0.25, 0.3) is 5.91 Å². The quantitative estimate of drug-likeness (QED) is 0.315. The number of aromatic nitrogens is 1. The fourth-order valence-corrected chi connectivity index (χ4v) is 4.99. The third-order valence-electron chi connectivity index (χ3n) is 6.86. The van der Waals surface area contributed by atoms with Crippen LogP contribution in [-0.4, -0.2) is 41.0 Å². The lowest BCUT2D eigenvalue weighted by Gasteiger charge is -2.32. The minimum atomic E-state index is -0.503. The smallest absolute Gasteiger partial charge is 0.326 e. The van der Waals surface area contributed by atoms with E-state index in [4.69, 9.17) is 4.74 Å². The van der Waals surface area contributed by atoms with Crippen molar-refractivity contribution in [3.05, 3.63) is 94.6 Å². The molecule has 0 N–H and O–H groups in total. The molecule has 6 heteroatoms. The number of hydrogen-bond acceptors (Lipinski definition) is 4. The molecular weight excluding hydrogens is 440 g/mol. The van der Waals surface area contributed by atoms with Gasteiger partial charge in [-0.2, -0.15) is 0 Å². The van der Waals surface area contributed by atoms with Crippen molar-refractivity contribution in [1.29, 1.82) is 0 Å². The van der Waals surface area contributed by atoms with Crippen molar-refractivity contribution < 1.29 is 14.3 Å². The summed E-state index contributed by atoms with van der Waals surface area (Å²) in [5.74, 6) is -0.103. The van der Waals surface area contributed by atoms with Gasteiger partial charge in [0.2, 0.25) is 0 Å². The average molecular weight is 469 g/mol. The second kappa shape index (κ2) is 10.1. The molecule has 0 aliphatic carbocycles. The first-order chi connectivity index (χ1) is 17.1. The van der Waals surface area contributed by atoms with Crippen LogP contribution in [0.1, 0.15) is 18.4 Å². The molecule has 0 bridgehead atoms. The van der Waals surface area contributed by atoms with E-state index in [2.05, 4.69) is 24.3 Å². The summed E-state index contributed by atoms with van der Waals surface area (Å²) in [6, 6.07) is 24.9. The van der Waals surface area contributed by atoms with E-state index in [1.165, 1.54) is 5.56 Å². The molecule has 1 saturated heterocycles. The third-order valence-corrected chi connectivity index (χ3v) is 6.86. The van der Waals surface area contributed by atoms with Crippen LogP contribution in [-0.2, 0) is 27.3 Å². The minimum absolute atomic E-state index is 0.0633. The molecule has 1 aliphatic rings. The number of rotatable bonds is 6. The zero-order valence-corrected chi connectivity index (χ0v) is 19.6. The number of fused-ring (bicyclic) bond motifs is 2. The number of esters is 1. The zero-order valence-electron chi connectivity index (χ0n) is 19.6. The Hall–Kier alpha value is -3.93. The molecule has 4 aromatic rings. The number of likely N-dealkylation sites (tertiary alicyclic amines) is 1. The Bertz CT molecular complexity index is 1360. The molecular formula is C29H28N2O4. The largest absolute Gasteiger partial charge is 0.454 e. The lowest BCUT2D eigenvalue weighted by Crippen LogP contribution is -2.41. The van der Waals surface area contributed by atoms with Gasteiger partial charge in [-0.1, -0.05) is 54.6 Å². The van der Waals surface area contributed by atoms with Crippen molar-refractivity contribution in [3.63, 3.8) is 0 Å². The van der Waals surface area contributed by atoms with Crippen LogP contribution in [0.15, 0.2) is 83.7 Å². The number of carbonyl (C=O) groups excluding carboxylic acids is 2. The van der Waals surface area contributed by atoms with Crippen molar-refractivity contribution in [2.24, 2.45) is 5.92 Å². The van der Waals surface area contributed by atoms with Crippen LogP contribution in [0.3, 0.4) is 0 Å². The average Bonchev–Trinajstić information content (AvgIpc) is 2.91. The lowest BCUT2D eigenvalue weighted by molar-refractivity contribution is -0.153. The van der Waals surface area contributed by atoms with Gasteiger partial charge in [0, 0.05) is 23.9 Å².